The number of hydrogen-bond acceptors (Lipinski definition) is 2. The molecule has 3 heteroatoms. The van der Waals surface area contributed by atoms with Crippen LogP contribution in [0.5, 0.6) is 0 Å². The van der Waals surface area contributed by atoms with Gasteiger partial charge in [0.15, 0.2) is 0 Å². The molecule has 0 aromatic carbocycles. The minimum absolute atomic E-state index is 0.0441. The Morgan fingerprint density at radius 2 is 1.69 bits per heavy atom. The zero-order chi connectivity index (χ0) is 23.1. The maximum atomic E-state index is 12.5. The summed E-state index contributed by atoms with van der Waals surface area (Å²) in [6, 6.07) is 0.309. The van der Waals surface area contributed by atoms with Gasteiger partial charge >= 0.3 is 0 Å². The minimum atomic E-state index is -0.0441. The van der Waals surface area contributed by atoms with Crippen LogP contribution in [-0.2, 0) is 4.79 Å². The Hall–Kier alpha value is -0.570. The van der Waals surface area contributed by atoms with E-state index in [1.807, 2.05) is 0 Å². The fraction of sp³-hybridized carbons (Fsp3) is 0.966. The summed E-state index contributed by atoms with van der Waals surface area (Å²) in [6.45, 7) is 12.0. The first kappa shape index (κ1) is 24.6. The van der Waals surface area contributed by atoms with Crippen molar-refractivity contribution in [3.63, 3.8) is 0 Å². The molecule has 2 N–H and O–H groups in total. The fourth-order valence-corrected chi connectivity index (χ4v) is 9.62. The van der Waals surface area contributed by atoms with Crippen LogP contribution in [0.4, 0.5) is 0 Å². The SMILES string of the molecule is CCCC(C)NC(=O)CC[C@@H](C)[C@H]1CC[C@H]2[C@@H]3CC[C@@H]4C[C@H](O)CC[C@]4(C)[C@H]3CC[C@]12C. The van der Waals surface area contributed by atoms with E-state index in [0.29, 0.717) is 29.2 Å². The molecule has 0 bridgehead atoms. The maximum absolute atomic E-state index is 12.5. The van der Waals surface area contributed by atoms with Crippen LogP contribution in [0, 0.1) is 46.3 Å². The molecule has 0 aliphatic heterocycles. The molecule has 4 aliphatic carbocycles. The molecule has 0 aromatic heterocycles. The van der Waals surface area contributed by atoms with Crippen LogP contribution in [0.1, 0.15) is 118 Å². The summed E-state index contributed by atoms with van der Waals surface area (Å²) in [5, 5.41) is 13.5. The van der Waals surface area contributed by atoms with Crippen molar-refractivity contribution in [1.82, 2.24) is 5.32 Å². The van der Waals surface area contributed by atoms with E-state index < -0.39 is 0 Å². The molecule has 10 atom stereocenters. The van der Waals surface area contributed by atoms with E-state index in [9.17, 15) is 9.90 Å². The summed E-state index contributed by atoms with van der Waals surface area (Å²) >= 11 is 0. The minimum Gasteiger partial charge on any atom is -0.393 e. The van der Waals surface area contributed by atoms with Gasteiger partial charge in [-0.3, -0.25) is 4.79 Å². The van der Waals surface area contributed by atoms with E-state index in [1.54, 1.807) is 0 Å². The molecule has 1 amide bonds. The van der Waals surface area contributed by atoms with Crippen LogP contribution in [0.15, 0.2) is 0 Å². The zero-order valence-electron chi connectivity index (χ0n) is 21.7. The molecule has 0 aromatic rings. The van der Waals surface area contributed by atoms with Crippen LogP contribution in [0.25, 0.3) is 0 Å². The van der Waals surface area contributed by atoms with Gasteiger partial charge < -0.3 is 10.4 Å². The van der Waals surface area contributed by atoms with E-state index >= 15 is 0 Å². The topological polar surface area (TPSA) is 49.3 Å². The number of carbonyl (C=O) groups excluding carboxylic acids is 1. The lowest BCUT2D eigenvalue weighted by atomic mass is 9.44. The summed E-state index contributed by atoms with van der Waals surface area (Å²) in [5.41, 5.74) is 0.949. The number of carbonyl (C=O) groups is 1. The zero-order valence-corrected chi connectivity index (χ0v) is 21.7. The molecular weight excluding hydrogens is 394 g/mol. The highest BCUT2D eigenvalue weighted by atomic mass is 16.3. The second kappa shape index (κ2) is 9.59. The molecule has 4 rings (SSSR count). The second-order valence-electron chi connectivity index (χ2n) is 13.1. The van der Waals surface area contributed by atoms with Gasteiger partial charge in [-0.1, -0.05) is 34.1 Å². The Labute approximate surface area is 197 Å². The molecule has 184 valence electrons. The first-order valence-electron chi connectivity index (χ1n) is 14.2. The first-order chi connectivity index (χ1) is 15.2. The molecule has 0 spiro atoms. The molecular formula is C29H51NO2. The Balaban J connectivity index is 1.38. The Bertz CT molecular complexity index is 664. The molecule has 4 aliphatic rings. The van der Waals surface area contributed by atoms with Crippen LogP contribution in [0.3, 0.4) is 0 Å². The fourth-order valence-electron chi connectivity index (χ4n) is 9.62. The number of fused-ring (bicyclic) bond motifs is 5. The Morgan fingerprint density at radius 1 is 0.969 bits per heavy atom. The highest BCUT2D eigenvalue weighted by Gasteiger charge is 2.60. The standard InChI is InChI=1S/C29H51NO2/c1-6-7-20(3)30-27(32)13-8-19(2)24-11-12-25-23-10-9-21-18-22(31)14-16-28(21,4)26(23)15-17-29(24,25)5/h19-26,31H,6-18H2,1-5H3,(H,30,32)/t19-,20?,21-,22-,23+,24-,25+,26+,28+,29-/m1/s1. The lowest BCUT2D eigenvalue weighted by Crippen LogP contribution is -2.54. The number of nitrogens with one attached hydrogen (secondary N) is 1. The summed E-state index contributed by atoms with van der Waals surface area (Å²) in [4.78, 5) is 12.5. The number of aliphatic hydroxyl groups excluding tert-OH is 1. The van der Waals surface area contributed by atoms with Crippen molar-refractivity contribution in [3.05, 3.63) is 0 Å². The van der Waals surface area contributed by atoms with Crippen molar-refractivity contribution < 1.29 is 9.90 Å². The number of rotatable bonds is 7. The highest BCUT2D eigenvalue weighted by Crippen LogP contribution is 2.68. The molecule has 0 saturated heterocycles. The second-order valence-corrected chi connectivity index (χ2v) is 13.1. The van der Waals surface area contributed by atoms with E-state index in [1.165, 1.54) is 44.9 Å². The summed E-state index contributed by atoms with van der Waals surface area (Å²) in [7, 11) is 0. The predicted molar refractivity (Wildman–Crippen MR) is 132 cm³/mol. The number of aliphatic hydroxyl groups is 1. The largest absolute Gasteiger partial charge is 0.393 e. The van der Waals surface area contributed by atoms with Crippen molar-refractivity contribution in [2.24, 2.45) is 46.3 Å². The van der Waals surface area contributed by atoms with Gasteiger partial charge in [0.25, 0.3) is 0 Å². The van der Waals surface area contributed by atoms with Crippen LogP contribution >= 0.6 is 0 Å². The maximum Gasteiger partial charge on any atom is 0.220 e. The van der Waals surface area contributed by atoms with Gasteiger partial charge in [0.1, 0.15) is 0 Å². The van der Waals surface area contributed by atoms with Crippen LogP contribution < -0.4 is 5.32 Å². The van der Waals surface area contributed by atoms with E-state index in [-0.39, 0.29) is 12.0 Å². The van der Waals surface area contributed by atoms with Gasteiger partial charge in [-0.25, -0.2) is 0 Å². The molecule has 0 heterocycles. The third-order valence-electron chi connectivity index (χ3n) is 11.4. The monoisotopic (exact) mass is 445 g/mol. The van der Waals surface area contributed by atoms with Gasteiger partial charge in [0.2, 0.25) is 5.91 Å². The lowest BCUT2D eigenvalue weighted by molar-refractivity contribution is -0.130. The Morgan fingerprint density at radius 3 is 2.44 bits per heavy atom. The Kier molecular flexibility index (Phi) is 7.36. The van der Waals surface area contributed by atoms with Crippen molar-refractivity contribution in [1.29, 1.82) is 0 Å². The average Bonchev–Trinajstić information content (AvgIpc) is 3.10. The summed E-state index contributed by atoms with van der Waals surface area (Å²) in [5.74, 6) is 5.11. The normalized spacial score (nSPS) is 45.3. The smallest absolute Gasteiger partial charge is 0.220 e. The van der Waals surface area contributed by atoms with Crippen molar-refractivity contribution >= 4 is 5.91 Å². The van der Waals surface area contributed by atoms with E-state index in [4.69, 9.17) is 0 Å². The third-order valence-corrected chi connectivity index (χ3v) is 11.4. The predicted octanol–water partition coefficient (Wildman–Crippen LogP) is 6.73. The molecule has 0 radical (unpaired) electrons. The molecule has 32 heavy (non-hydrogen) atoms. The van der Waals surface area contributed by atoms with Gasteiger partial charge in [-0.15, -0.1) is 0 Å². The van der Waals surface area contributed by atoms with Crippen molar-refractivity contribution in [2.75, 3.05) is 0 Å². The van der Waals surface area contributed by atoms with Crippen molar-refractivity contribution in [3.8, 4) is 0 Å². The number of amides is 1. The van der Waals surface area contributed by atoms with Gasteiger partial charge in [-0.05, 0) is 124 Å². The van der Waals surface area contributed by atoms with Crippen molar-refractivity contribution in [2.45, 2.75) is 130 Å². The van der Waals surface area contributed by atoms with E-state index in [0.717, 1.165) is 61.7 Å². The van der Waals surface area contributed by atoms with Crippen LogP contribution in [0.2, 0.25) is 0 Å². The van der Waals surface area contributed by atoms with Gasteiger partial charge in [-0.2, -0.15) is 0 Å². The van der Waals surface area contributed by atoms with E-state index in [2.05, 4.69) is 39.9 Å². The van der Waals surface area contributed by atoms with Gasteiger partial charge in [0, 0.05) is 12.5 Å². The quantitative estimate of drug-likeness (QED) is 0.456. The van der Waals surface area contributed by atoms with Crippen LogP contribution in [-0.4, -0.2) is 23.2 Å². The summed E-state index contributed by atoms with van der Waals surface area (Å²) < 4.78 is 0. The average molecular weight is 446 g/mol. The highest BCUT2D eigenvalue weighted by molar-refractivity contribution is 5.76. The first-order valence-corrected chi connectivity index (χ1v) is 14.2. The lowest BCUT2D eigenvalue weighted by Gasteiger charge is -2.61. The van der Waals surface area contributed by atoms with Gasteiger partial charge in [0.05, 0.1) is 6.10 Å². The molecule has 4 fully saturated rings. The molecule has 1 unspecified atom stereocenters. The molecule has 3 nitrogen and oxygen atoms in total. The molecule has 4 saturated carbocycles. The summed E-state index contributed by atoms with van der Waals surface area (Å²) in [6.07, 6.45) is 15.5. The third kappa shape index (κ3) is 4.41. The number of hydrogen-bond donors (Lipinski definition) is 2.